The third kappa shape index (κ3) is 7.60. The van der Waals surface area contributed by atoms with E-state index in [0.29, 0.717) is 6.42 Å². The van der Waals surface area contributed by atoms with E-state index in [-0.39, 0.29) is 12.0 Å². The van der Waals surface area contributed by atoms with Crippen LogP contribution < -0.4 is 5.73 Å². The van der Waals surface area contributed by atoms with Crippen molar-refractivity contribution in [3.05, 3.63) is 35.4 Å². The standard InChI is InChI=1S/C19H31NO2/c1-3-4-5-6-7-10-18(20)17-14-12-16(13-15-17)9-8-11-19(21)22-2/h12-15,18H,3-11,20H2,1-2H3. The zero-order valence-electron chi connectivity index (χ0n) is 14.1. The number of rotatable bonds is 11. The highest BCUT2D eigenvalue weighted by molar-refractivity contribution is 5.69. The molecule has 3 heteroatoms. The number of carbonyl (C=O) groups is 1. The minimum atomic E-state index is -0.137. The van der Waals surface area contributed by atoms with Gasteiger partial charge in [-0.1, -0.05) is 63.3 Å². The molecule has 0 heterocycles. The molecule has 0 amide bonds. The Morgan fingerprint density at radius 1 is 1.09 bits per heavy atom. The van der Waals surface area contributed by atoms with Crippen molar-refractivity contribution in [1.29, 1.82) is 0 Å². The number of nitrogens with two attached hydrogens (primary N) is 1. The lowest BCUT2D eigenvalue weighted by atomic mass is 9.98. The van der Waals surface area contributed by atoms with Gasteiger partial charge in [-0.2, -0.15) is 0 Å². The number of ether oxygens (including phenoxy) is 1. The number of unbranched alkanes of at least 4 members (excludes halogenated alkanes) is 4. The zero-order valence-corrected chi connectivity index (χ0v) is 14.1. The van der Waals surface area contributed by atoms with Crippen LogP contribution in [0.2, 0.25) is 0 Å². The van der Waals surface area contributed by atoms with Crippen LogP contribution in [-0.4, -0.2) is 13.1 Å². The Morgan fingerprint density at radius 2 is 1.77 bits per heavy atom. The third-order valence-corrected chi connectivity index (χ3v) is 4.10. The van der Waals surface area contributed by atoms with Crippen LogP contribution in [0.5, 0.6) is 0 Å². The first-order chi connectivity index (χ1) is 10.7. The molecule has 124 valence electrons. The van der Waals surface area contributed by atoms with Gasteiger partial charge >= 0.3 is 5.97 Å². The molecular formula is C19H31NO2. The van der Waals surface area contributed by atoms with Gasteiger partial charge in [0.15, 0.2) is 0 Å². The van der Waals surface area contributed by atoms with Crippen LogP contribution >= 0.6 is 0 Å². The van der Waals surface area contributed by atoms with Gasteiger partial charge in [0.05, 0.1) is 7.11 Å². The second kappa shape index (κ2) is 11.2. The molecule has 0 bridgehead atoms. The summed E-state index contributed by atoms with van der Waals surface area (Å²) in [4.78, 5) is 11.1. The van der Waals surface area contributed by atoms with Gasteiger partial charge in [-0.3, -0.25) is 4.79 Å². The van der Waals surface area contributed by atoms with E-state index in [1.807, 2.05) is 0 Å². The molecule has 1 aromatic rings. The summed E-state index contributed by atoms with van der Waals surface area (Å²) in [6, 6.07) is 8.66. The molecule has 1 atom stereocenters. The zero-order chi connectivity index (χ0) is 16.2. The summed E-state index contributed by atoms with van der Waals surface area (Å²) < 4.78 is 4.65. The summed E-state index contributed by atoms with van der Waals surface area (Å²) in [5.74, 6) is -0.137. The highest BCUT2D eigenvalue weighted by Gasteiger charge is 2.06. The van der Waals surface area contributed by atoms with E-state index in [9.17, 15) is 4.79 Å². The first kappa shape index (κ1) is 18.7. The first-order valence-electron chi connectivity index (χ1n) is 8.58. The Morgan fingerprint density at radius 3 is 2.41 bits per heavy atom. The average molecular weight is 305 g/mol. The summed E-state index contributed by atoms with van der Waals surface area (Å²) in [6.45, 7) is 2.23. The molecule has 3 nitrogen and oxygen atoms in total. The Bertz CT molecular complexity index is 414. The van der Waals surface area contributed by atoms with E-state index in [2.05, 4.69) is 35.9 Å². The van der Waals surface area contributed by atoms with Crippen molar-refractivity contribution in [2.45, 2.75) is 70.8 Å². The van der Waals surface area contributed by atoms with Crippen molar-refractivity contribution in [2.24, 2.45) is 5.73 Å². The minimum Gasteiger partial charge on any atom is -0.469 e. The SMILES string of the molecule is CCCCCCCC(N)c1ccc(CCCC(=O)OC)cc1. The Labute approximate surface area is 135 Å². The number of methoxy groups -OCH3 is 1. The van der Waals surface area contributed by atoms with E-state index < -0.39 is 0 Å². The van der Waals surface area contributed by atoms with Crippen molar-refractivity contribution < 1.29 is 9.53 Å². The van der Waals surface area contributed by atoms with Crippen molar-refractivity contribution >= 4 is 5.97 Å². The summed E-state index contributed by atoms with van der Waals surface area (Å²) in [7, 11) is 1.43. The Hall–Kier alpha value is -1.35. The summed E-state index contributed by atoms with van der Waals surface area (Å²) >= 11 is 0. The molecule has 1 aromatic carbocycles. The second-order valence-electron chi connectivity index (χ2n) is 5.98. The largest absolute Gasteiger partial charge is 0.469 e. The fourth-order valence-electron chi connectivity index (χ4n) is 2.60. The number of hydrogen-bond donors (Lipinski definition) is 1. The van der Waals surface area contributed by atoms with Gasteiger partial charge in [0.2, 0.25) is 0 Å². The maximum atomic E-state index is 11.1. The van der Waals surface area contributed by atoms with Crippen molar-refractivity contribution in [2.75, 3.05) is 7.11 Å². The second-order valence-corrected chi connectivity index (χ2v) is 5.98. The Balaban J connectivity index is 2.29. The molecule has 0 fully saturated rings. The predicted octanol–water partition coefficient (Wildman–Crippen LogP) is 4.54. The molecule has 1 rings (SSSR count). The average Bonchev–Trinajstić information content (AvgIpc) is 2.55. The number of carbonyl (C=O) groups excluding carboxylic acids is 1. The molecule has 1 unspecified atom stereocenters. The number of aryl methyl sites for hydroxylation is 1. The van der Waals surface area contributed by atoms with Gasteiger partial charge in [0.1, 0.15) is 0 Å². The van der Waals surface area contributed by atoms with E-state index >= 15 is 0 Å². The molecule has 22 heavy (non-hydrogen) atoms. The summed E-state index contributed by atoms with van der Waals surface area (Å²) in [6.07, 6.45) is 9.70. The Kier molecular flexibility index (Phi) is 9.56. The van der Waals surface area contributed by atoms with Crippen LogP contribution in [0.4, 0.5) is 0 Å². The van der Waals surface area contributed by atoms with Gasteiger partial charge in [-0.25, -0.2) is 0 Å². The smallest absolute Gasteiger partial charge is 0.305 e. The molecule has 0 radical (unpaired) electrons. The lowest BCUT2D eigenvalue weighted by Crippen LogP contribution is -2.10. The van der Waals surface area contributed by atoms with E-state index in [1.54, 1.807) is 0 Å². The van der Waals surface area contributed by atoms with Gasteiger partial charge in [-0.15, -0.1) is 0 Å². The quantitative estimate of drug-likeness (QED) is 0.482. The monoisotopic (exact) mass is 305 g/mol. The molecule has 0 aliphatic heterocycles. The van der Waals surface area contributed by atoms with E-state index in [0.717, 1.165) is 19.3 Å². The third-order valence-electron chi connectivity index (χ3n) is 4.10. The van der Waals surface area contributed by atoms with Crippen molar-refractivity contribution in [3.63, 3.8) is 0 Å². The van der Waals surface area contributed by atoms with Crippen LogP contribution in [0, 0.1) is 0 Å². The predicted molar refractivity (Wildman–Crippen MR) is 91.7 cm³/mol. The van der Waals surface area contributed by atoms with Crippen LogP contribution in [0.25, 0.3) is 0 Å². The molecule has 0 aliphatic rings. The highest BCUT2D eigenvalue weighted by atomic mass is 16.5. The van der Waals surface area contributed by atoms with Crippen LogP contribution in [-0.2, 0) is 16.0 Å². The maximum Gasteiger partial charge on any atom is 0.305 e. The topological polar surface area (TPSA) is 52.3 Å². The molecule has 0 spiro atoms. The minimum absolute atomic E-state index is 0.137. The first-order valence-corrected chi connectivity index (χ1v) is 8.58. The normalized spacial score (nSPS) is 12.1. The van der Waals surface area contributed by atoms with E-state index in [4.69, 9.17) is 5.73 Å². The summed E-state index contributed by atoms with van der Waals surface area (Å²) in [5.41, 5.74) is 8.72. The fourth-order valence-corrected chi connectivity index (χ4v) is 2.60. The molecular weight excluding hydrogens is 274 g/mol. The van der Waals surface area contributed by atoms with Crippen molar-refractivity contribution in [3.8, 4) is 0 Å². The lowest BCUT2D eigenvalue weighted by Gasteiger charge is -2.12. The molecule has 0 saturated heterocycles. The van der Waals surface area contributed by atoms with Gasteiger partial charge in [0.25, 0.3) is 0 Å². The van der Waals surface area contributed by atoms with E-state index in [1.165, 1.54) is 50.3 Å². The summed E-state index contributed by atoms with van der Waals surface area (Å²) in [5, 5.41) is 0. The van der Waals surface area contributed by atoms with Crippen LogP contribution in [0.15, 0.2) is 24.3 Å². The lowest BCUT2D eigenvalue weighted by molar-refractivity contribution is -0.140. The maximum absolute atomic E-state index is 11.1. The molecule has 0 aliphatic carbocycles. The van der Waals surface area contributed by atoms with Crippen LogP contribution in [0.3, 0.4) is 0 Å². The molecule has 0 aromatic heterocycles. The molecule has 0 saturated carbocycles. The number of hydrogen-bond acceptors (Lipinski definition) is 3. The number of esters is 1. The van der Waals surface area contributed by atoms with Gasteiger partial charge in [-0.05, 0) is 30.4 Å². The van der Waals surface area contributed by atoms with Crippen LogP contribution in [0.1, 0.15) is 75.5 Å². The van der Waals surface area contributed by atoms with Gasteiger partial charge < -0.3 is 10.5 Å². The molecule has 2 N–H and O–H groups in total. The fraction of sp³-hybridized carbons (Fsp3) is 0.632. The van der Waals surface area contributed by atoms with Crippen molar-refractivity contribution in [1.82, 2.24) is 0 Å². The van der Waals surface area contributed by atoms with Gasteiger partial charge in [0, 0.05) is 12.5 Å². The number of benzene rings is 1. The highest BCUT2D eigenvalue weighted by Crippen LogP contribution is 2.19.